The largest absolute Gasteiger partial charge is 0.379 e. The molecule has 2 aliphatic heterocycles. The van der Waals surface area contributed by atoms with Gasteiger partial charge in [0, 0.05) is 19.6 Å². The van der Waals surface area contributed by atoms with Crippen molar-refractivity contribution >= 4 is 40.0 Å². The first-order valence-electron chi connectivity index (χ1n) is 11.3. The van der Waals surface area contributed by atoms with Gasteiger partial charge in [-0.05, 0) is 36.2 Å². The van der Waals surface area contributed by atoms with E-state index in [2.05, 4.69) is 62.3 Å². The summed E-state index contributed by atoms with van der Waals surface area (Å²) >= 11 is 1.82. The van der Waals surface area contributed by atoms with Crippen LogP contribution in [-0.2, 0) is 11.3 Å². The molecule has 0 bridgehead atoms. The molecule has 0 aromatic carbocycles. The number of anilines is 3. The molecule has 2 saturated heterocycles. The van der Waals surface area contributed by atoms with Crippen molar-refractivity contribution in [2.24, 2.45) is 5.92 Å². The SMILES string of the molecule is CC(C)C1NNC(Nc2ccc3ncc(Nc4ccc(CN5CCOCC5)nc4)cc3n2)S1. The van der Waals surface area contributed by atoms with Gasteiger partial charge in [0.2, 0.25) is 0 Å². The van der Waals surface area contributed by atoms with Crippen molar-refractivity contribution in [2.45, 2.75) is 31.3 Å². The van der Waals surface area contributed by atoms with Crippen molar-refractivity contribution in [2.75, 3.05) is 36.9 Å². The van der Waals surface area contributed by atoms with Crippen LogP contribution in [0, 0.1) is 5.92 Å². The van der Waals surface area contributed by atoms with Gasteiger partial charge in [0.15, 0.2) is 0 Å². The Kier molecular flexibility index (Phi) is 6.88. The predicted molar refractivity (Wildman–Crippen MR) is 133 cm³/mol. The van der Waals surface area contributed by atoms with Crippen LogP contribution in [0.2, 0.25) is 0 Å². The van der Waals surface area contributed by atoms with Gasteiger partial charge in [0.1, 0.15) is 11.3 Å². The predicted octanol–water partition coefficient (Wildman–Crippen LogP) is 3.12. The lowest BCUT2D eigenvalue weighted by molar-refractivity contribution is 0.0336. The molecule has 5 heterocycles. The first kappa shape index (κ1) is 22.3. The maximum absolute atomic E-state index is 5.41. The van der Waals surface area contributed by atoms with Crippen molar-refractivity contribution in [3.05, 3.63) is 48.4 Å². The summed E-state index contributed by atoms with van der Waals surface area (Å²) in [7, 11) is 0. The molecule has 3 aromatic rings. The summed E-state index contributed by atoms with van der Waals surface area (Å²) in [6, 6.07) is 10.1. The van der Waals surface area contributed by atoms with Gasteiger partial charge in [-0.2, -0.15) is 0 Å². The van der Waals surface area contributed by atoms with Crippen molar-refractivity contribution in [3.8, 4) is 0 Å². The number of hydrogen-bond donors (Lipinski definition) is 4. The molecule has 4 N–H and O–H groups in total. The molecule has 33 heavy (non-hydrogen) atoms. The Bertz CT molecular complexity index is 1070. The minimum Gasteiger partial charge on any atom is -0.379 e. The smallest absolute Gasteiger partial charge is 0.141 e. The molecular weight excluding hydrogens is 436 g/mol. The summed E-state index contributed by atoms with van der Waals surface area (Å²) < 4.78 is 5.41. The van der Waals surface area contributed by atoms with E-state index < -0.39 is 0 Å². The van der Waals surface area contributed by atoms with Crippen LogP contribution < -0.4 is 21.5 Å². The molecule has 9 nitrogen and oxygen atoms in total. The third kappa shape index (κ3) is 5.71. The average molecular weight is 467 g/mol. The number of nitrogens with one attached hydrogen (secondary N) is 4. The monoisotopic (exact) mass is 466 g/mol. The van der Waals surface area contributed by atoms with Crippen molar-refractivity contribution in [1.29, 1.82) is 0 Å². The first-order chi connectivity index (χ1) is 16.1. The molecule has 0 saturated carbocycles. The van der Waals surface area contributed by atoms with E-state index in [1.54, 1.807) is 0 Å². The summed E-state index contributed by atoms with van der Waals surface area (Å²) in [4.78, 5) is 16.3. The summed E-state index contributed by atoms with van der Waals surface area (Å²) in [5.74, 6) is 1.35. The Morgan fingerprint density at radius 1 is 1.06 bits per heavy atom. The molecule has 5 rings (SSSR count). The highest BCUT2D eigenvalue weighted by Crippen LogP contribution is 2.26. The highest BCUT2D eigenvalue weighted by atomic mass is 32.2. The van der Waals surface area contributed by atoms with E-state index in [1.165, 1.54) is 0 Å². The van der Waals surface area contributed by atoms with Crippen LogP contribution >= 0.6 is 11.8 Å². The summed E-state index contributed by atoms with van der Waals surface area (Å²) in [5.41, 5.74) is 11.2. The van der Waals surface area contributed by atoms with E-state index in [1.807, 2.05) is 42.4 Å². The molecule has 2 aliphatic rings. The van der Waals surface area contributed by atoms with Crippen molar-refractivity contribution in [3.63, 3.8) is 0 Å². The second-order valence-corrected chi connectivity index (χ2v) is 9.88. The summed E-state index contributed by atoms with van der Waals surface area (Å²) in [6.07, 6.45) is 3.69. The number of nitrogens with zero attached hydrogens (tertiary/aromatic N) is 4. The number of hydrogen-bond acceptors (Lipinski definition) is 10. The number of thioether (sulfide) groups is 1. The fourth-order valence-corrected chi connectivity index (χ4v) is 4.87. The number of rotatable bonds is 7. The van der Waals surface area contributed by atoms with Crippen LogP contribution in [0.1, 0.15) is 19.5 Å². The average Bonchev–Trinajstić information content (AvgIpc) is 3.30. The lowest BCUT2D eigenvalue weighted by atomic mass is 10.2. The third-order valence-corrected chi connectivity index (χ3v) is 7.13. The Balaban J connectivity index is 1.23. The number of pyridine rings is 3. The molecule has 0 amide bonds. The van der Waals surface area contributed by atoms with Gasteiger partial charge in [-0.25, -0.2) is 15.8 Å². The van der Waals surface area contributed by atoms with E-state index in [4.69, 9.17) is 9.72 Å². The highest BCUT2D eigenvalue weighted by molar-refractivity contribution is 8.00. The Morgan fingerprint density at radius 3 is 2.67 bits per heavy atom. The summed E-state index contributed by atoms with van der Waals surface area (Å²) in [6.45, 7) is 8.77. The van der Waals surface area contributed by atoms with Crippen molar-refractivity contribution < 1.29 is 4.74 Å². The topological polar surface area (TPSA) is 99.3 Å². The second-order valence-electron chi connectivity index (χ2n) is 8.62. The minimum atomic E-state index is 0.0682. The zero-order valence-corrected chi connectivity index (χ0v) is 19.7. The fourth-order valence-electron chi connectivity index (χ4n) is 3.80. The Hall–Kier alpha value is -2.50. The quantitative estimate of drug-likeness (QED) is 0.416. The molecular formula is C23H30N8OS. The third-order valence-electron chi connectivity index (χ3n) is 5.66. The van der Waals surface area contributed by atoms with Crippen LogP contribution in [0.15, 0.2) is 42.7 Å². The molecule has 3 aromatic heterocycles. The normalized spacial score (nSPS) is 21.5. The van der Waals surface area contributed by atoms with Gasteiger partial charge in [0.05, 0.1) is 59.1 Å². The molecule has 0 spiro atoms. The van der Waals surface area contributed by atoms with E-state index in [9.17, 15) is 0 Å². The molecule has 2 atom stereocenters. The van der Waals surface area contributed by atoms with Crippen LogP contribution in [0.4, 0.5) is 17.2 Å². The standard InChI is InChI=1S/C23H30N8OS/c1-15(2)22-29-30-23(33-22)28-21-6-5-19-20(27-21)11-18(13-25-19)26-16-3-4-17(24-12-16)14-31-7-9-32-10-8-31/h3-6,11-13,15,22-23,26,29-30H,7-10,14H2,1-2H3,(H,27,28). The zero-order chi connectivity index (χ0) is 22.6. The van der Waals surface area contributed by atoms with E-state index >= 15 is 0 Å². The van der Waals surface area contributed by atoms with Gasteiger partial charge >= 0.3 is 0 Å². The number of hydrazine groups is 1. The number of fused-ring (bicyclic) bond motifs is 1. The maximum atomic E-state index is 5.41. The van der Waals surface area contributed by atoms with E-state index in [0.29, 0.717) is 11.3 Å². The second kappa shape index (κ2) is 10.2. The maximum Gasteiger partial charge on any atom is 0.141 e. The fraction of sp³-hybridized carbons (Fsp3) is 0.435. The Labute approximate surface area is 198 Å². The Morgan fingerprint density at radius 2 is 1.91 bits per heavy atom. The summed E-state index contributed by atoms with van der Waals surface area (Å²) in [5, 5.41) is 7.20. The van der Waals surface area contributed by atoms with Crippen LogP contribution in [0.5, 0.6) is 0 Å². The molecule has 0 aliphatic carbocycles. The molecule has 2 unspecified atom stereocenters. The van der Waals surface area contributed by atoms with Gasteiger partial charge < -0.3 is 15.4 Å². The van der Waals surface area contributed by atoms with Crippen molar-refractivity contribution in [1.82, 2.24) is 30.7 Å². The number of aromatic nitrogens is 3. The molecule has 174 valence electrons. The van der Waals surface area contributed by atoms with Crippen LogP contribution in [-0.4, -0.2) is 57.0 Å². The number of morpholine rings is 1. The van der Waals surface area contributed by atoms with Gasteiger partial charge in [-0.3, -0.25) is 14.9 Å². The molecule has 2 fully saturated rings. The molecule has 0 radical (unpaired) electrons. The minimum absolute atomic E-state index is 0.0682. The lowest BCUT2D eigenvalue weighted by Gasteiger charge is -2.26. The van der Waals surface area contributed by atoms with Gasteiger partial charge in [-0.15, -0.1) is 0 Å². The van der Waals surface area contributed by atoms with Gasteiger partial charge in [-0.1, -0.05) is 25.6 Å². The zero-order valence-electron chi connectivity index (χ0n) is 18.9. The van der Waals surface area contributed by atoms with E-state index in [-0.39, 0.29) is 5.50 Å². The van der Waals surface area contributed by atoms with Gasteiger partial charge in [0.25, 0.3) is 0 Å². The van der Waals surface area contributed by atoms with Crippen LogP contribution in [0.25, 0.3) is 11.0 Å². The van der Waals surface area contributed by atoms with Crippen LogP contribution in [0.3, 0.4) is 0 Å². The first-order valence-corrected chi connectivity index (χ1v) is 12.3. The number of ether oxygens (including phenoxy) is 1. The highest BCUT2D eigenvalue weighted by Gasteiger charge is 2.26. The van der Waals surface area contributed by atoms with E-state index in [0.717, 1.165) is 66.8 Å². The molecule has 10 heteroatoms. The lowest BCUT2D eigenvalue weighted by Crippen LogP contribution is -2.38.